The Morgan fingerprint density at radius 1 is 1.20 bits per heavy atom. The van der Waals surface area contributed by atoms with Crippen LogP contribution >= 0.6 is 23.2 Å². The fourth-order valence-corrected chi connectivity index (χ4v) is 4.37. The number of sulfonamides is 1. The maximum Gasteiger partial charge on any atom is 0.242 e. The third-order valence-corrected chi connectivity index (χ3v) is 6.30. The molecule has 0 aliphatic rings. The number of hydrogen-bond donors (Lipinski definition) is 2. The molecule has 1 aromatic heterocycles. The lowest BCUT2D eigenvalue weighted by atomic mass is 10.1. The van der Waals surface area contributed by atoms with Gasteiger partial charge in [0.25, 0.3) is 0 Å². The van der Waals surface area contributed by atoms with E-state index >= 15 is 0 Å². The van der Waals surface area contributed by atoms with E-state index in [1.807, 2.05) is 24.4 Å². The van der Waals surface area contributed by atoms with Crippen LogP contribution < -0.4 is 9.46 Å². The number of aromatic amines is 1. The first-order chi connectivity index (χ1) is 11.9. The van der Waals surface area contributed by atoms with Crippen molar-refractivity contribution < 1.29 is 13.2 Å². The van der Waals surface area contributed by atoms with Crippen molar-refractivity contribution in [1.82, 2.24) is 9.71 Å². The molecule has 25 heavy (non-hydrogen) atoms. The SMILES string of the molecule is COc1ccc2[nH]cc(CCNS(=O)(=O)c3cccc(Cl)c3Cl)c2c1. The number of halogens is 2. The fraction of sp³-hybridized carbons (Fsp3) is 0.176. The first kappa shape index (κ1) is 18.1. The van der Waals surface area contributed by atoms with E-state index < -0.39 is 10.0 Å². The lowest BCUT2D eigenvalue weighted by molar-refractivity contribution is 0.415. The Labute approximate surface area is 156 Å². The van der Waals surface area contributed by atoms with Crippen LogP contribution in [0, 0.1) is 0 Å². The van der Waals surface area contributed by atoms with E-state index in [1.54, 1.807) is 19.2 Å². The molecule has 3 aromatic rings. The summed E-state index contributed by atoms with van der Waals surface area (Å²) in [5, 5.41) is 1.22. The molecule has 0 saturated heterocycles. The quantitative estimate of drug-likeness (QED) is 0.658. The van der Waals surface area contributed by atoms with Crippen molar-refractivity contribution in [2.45, 2.75) is 11.3 Å². The summed E-state index contributed by atoms with van der Waals surface area (Å²) in [5.41, 5.74) is 1.96. The van der Waals surface area contributed by atoms with Gasteiger partial charge < -0.3 is 9.72 Å². The van der Waals surface area contributed by atoms with Crippen LogP contribution in [0.2, 0.25) is 10.0 Å². The predicted octanol–water partition coefficient (Wildman–Crippen LogP) is 4.00. The Morgan fingerprint density at radius 3 is 2.76 bits per heavy atom. The van der Waals surface area contributed by atoms with Crippen molar-refractivity contribution >= 4 is 44.1 Å². The summed E-state index contributed by atoms with van der Waals surface area (Å²) in [6, 6.07) is 10.2. The fourth-order valence-electron chi connectivity index (χ4n) is 2.58. The maximum absolute atomic E-state index is 12.4. The molecule has 0 spiro atoms. The number of nitrogens with one attached hydrogen (secondary N) is 2. The second-order valence-corrected chi connectivity index (χ2v) is 7.95. The summed E-state index contributed by atoms with van der Waals surface area (Å²) < 4.78 is 32.6. The number of fused-ring (bicyclic) bond motifs is 1. The van der Waals surface area contributed by atoms with Crippen LogP contribution in [-0.4, -0.2) is 27.1 Å². The smallest absolute Gasteiger partial charge is 0.242 e. The second-order valence-electron chi connectivity index (χ2n) is 5.43. The Kier molecular flexibility index (Phi) is 5.24. The topological polar surface area (TPSA) is 71.2 Å². The molecule has 0 aliphatic heterocycles. The van der Waals surface area contributed by atoms with Crippen molar-refractivity contribution in [3.05, 3.63) is 58.2 Å². The van der Waals surface area contributed by atoms with Crippen molar-refractivity contribution in [1.29, 1.82) is 0 Å². The Morgan fingerprint density at radius 2 is 2.00 bits per heavy atom. The van der Waals surface area contributed by atoms with E-state index in [0.717, 1.165) is 22.2 Å². The van der Waals surface area contributed by atoms with Gasteiger partial charge in [-0.15, -0.1) is 0 Å². The molecule has 8 heteroatoms. The molecule has 2 aromatic carbocycles. The minimum atomic E-state index is -3.73. The molecule has 1 heterocycles. The number of H-pyrrole nitrogens is 1. The van der Waals surface area contributed by atoms with Gasteiger partial charge >= 0.3 is 0 Å². The summed E-state index contributed by atoms with van der Waals surface area (Å²) in [4.78, 5) is 3.14. The van der Waals surface area contributed by atoms with Gasteiger partial charge in [0, 0.05) is 23.6 Å². The van der Waals surface area contributed by atoms with Gasteiger partial charge in [-0.3, -0.25) is 0 Å². The van der Waals surface area contributed by atoms with Crippen LogP contribution in [0.5, 0.6) is 5.75 Å². The molecule has 0 radical (unpaired) electrons. The van der Waals surface area contributed by atoms with Gasteiger partial charge in [0.1, 0.15) is 10.6 Å². The highest BCUT2D eigenvalue weighted by Gasteiger charge is 2.19. The normalized spacial score (nSPS) is 11.8. The van der Waals surface area contributed by atoms with Crippen molar-refractivity contribution in [3.63, 3.8) is 0 Å². The molecule has 2 N–H and O–H groups in total. The van der Waals surface area contributed by atoms with E-state index in [-0.39, 0.29) is 21.5 Å². The van der Waals surface area contributed by atoms with Gasteiger partial charge in [-0.1, -0.05) is 29.3 Å². The van der Waals surface area contributed by atoms with Crippen molar-refractivity contribution in [2.24, 2.45) is 0 Å². The molecule has 0 atom stereocenters. The zero-order chi connectivity index (χ0) is 18.0. The summed E-state index contributed by atoms with van der Waals surface area (Å²) >= 11 is 11.9. The molecule has 0 unspecified atom stereocenters. The van der Waals surface area contributed by atoms with Crippen LogP contribution in [0.4, 0.5) is 0 Å². The third-order valence-electron chi connectivity index (χ3n) is 3.87. The minimum Gasteiger partial charge on any atom is -0.497 e. The summed E-state index contributed by atoms with van der Waals surface area (Å²) in [5.74, 6) is 0.750. The Balaban J connectivity index is 1.75. The van der Waals surface area contributed by atoms with Crippen LogP contribution in [0.15, 0.2) is 47.5 Å². The molecular weight excluding hydrogens is 383 g/mol. The molecule has 0 fully saturated rings. The van der Waals surface area contributed by atoms with Gasteiger partial charge in [0.15, 0.2) is 0 Å². The minimum absolute atomic E-state index is 0.0218. The number of methoxy groups -OCH3 is 1. The highest BCUT2D eigenvalue weighted by molar-refractivity contribution is 7.89. The van der Waals surface area contributed by atoms with Gasteiger partial charge in [-0.2, -0.15) is 0 Å². The lowest BCUT2D eigenvalue weighted by Crippen LogP contribution is -2.26. The highest BCUT2D eigenvalue weighted by atomic mass is 35.5. The molecule has 5 nitrogen and oxygen atoms in total. The van der Waals surface area contributed by atoms with Crippen LogP contribution in [0.1, 0.15) is 5.56 Å². The number of benzene rings is 2. The molecule has 132 valence electrons. The summed E-state index contributed by atoms with van der Waals surface area (Å²) in [6.45, 7) is 0.231. The van der Waals surface area contributed by atoms with Gasteiger partial charge in [-0.25, -0.2) is 13.1 Å². The van der Waals surface area contributed by atoms with Crippen molar-refractivity contribution in [2.75, 3.05) is 13.7 Å². The zero-order valence-corrected chi connectivity index (χ0v) is 15.7. The van der Waals surface area contributed by atoms with Gasteiger partial charge in [0.2, 0.25) is 10.0 Å². The molecule has 0 saturated carbocycles. The second kappa shape index (κ2) is 7.25. The van der Waals surface area contributed by atoms with Crippen molar-refractivity contribution in [3.8, 4) is 5.75 Å². The molecule has 3 rings (SSSR count). The number of aromatic nitrogens is 1. The largest absolute Gasteiger partial charge is 0.497 e. The number of rotatable bonds is 6. The number of ether oxygens (including phenoxy) is 1. The highest BCUT2D eigenvalue weighted by Crippen LogP contribution is 2.29. The first-order valence-corrected chi connectivity index (χ1v) is 9.74. The van der Waals surface area contributed by atoms with E-state index in [2.05, 4.69) is 9.71 Å². The first-order valence-electron chi connectivity index (χ1n) is 7.50. The zero-order valence-electron chi connectivity index (χ0n) is 13.3. The van der Waals surface area contributed by atoms with Crippen LogP contribution in [0.3, 0.4) is 0 Å². The Hall–Kier alpha value is -1.73. The van der Waals surface area contributed by atoms with Gasteiger partial charge in [-0.05, 0) is 42.3 Å². The average molecular weight is 399 g/mol. The summed E-state index contributed by atoms with van der Waals surface area (Å²) in [7, 11) is -2.13. The molecular formula is C17H16Cl2N2O3S. The standard InChI is InChI=1S/C17H16Cl2N2O3S/c1-24-12-5-6-15-13(9-12)11(10-20-15)7-8-21-25(22,23)16-4-2-3-14(18)17(16)19/h2-6,9-10,20-21H,7-8H2,1H3. The lowest BCUT2D eigenvalue weighted by Gasteiger charge is -2.09. The van der Waals surface area contributed by atoms with E-state index in [9.17, 15) is 8.42 Å². The monoisotopic (exact) mass is 398 g/mol. The van der Waals surface area contributed by atoms with E-state index in [4.69, 9.17) is 27.9 Å². The predicted molar refractivity (Wildman–Crippen MR) is 100 cm³/mol. The van der Waals surface area contributed by atoms with E-state index in [0.29, 0.717) is 6.42 Å². The van der Waals surface area contributed by atoms with E-state index in [1.165, 1.54) is 6.07 Å². The Bertz CT molecular complexity index is 1020. The maximum atomic E-state index is 12.4. The average Bonchev–Trinajstić information content (AvgIpc) is 2.99. The number of hydrogen-bond acceptors (Lipinski definition) is 3. The van der Waals surface area contributed by atoms with Crippen LogP contribution in [0.25, 0.3) is 10.9 Å². The van der Waals surface area contributed by atoms with Crippen LogP contribution in [-0.2, 0) is 16.4 Å². The molecule has 0 bridgehead atoms. The molecule has 0 aliphatic carbocycles. The molecule has 0 amide bonds. The van der Waals surface area contributed by atoms with Gasteiger partial charge in [0.05, 0.1) is 17.2 Å². The summed E-state index contributed by atoms with van der Waals surface area (Å²) in [6.07, 6.45) is 2.38. The third kappa shape index (κ3) is 3.77.